The molecule has 0 radical (unpaired) electrons. The van der Waals surface area contributed by atoms with Crippen LogP contribution in [0.2, 0.25) is 0 Å². The molecule has 0 saturated heterocycles. The second-order valence-electron chi connectivity index (χ2n) is 4.69. The van der Waals surface area contributed by atoms with Crippen molar-refractivity contribution < 1.29 is 14.7 Å². The minimum atomic E-state index is -0.881. The Bertz CT molecular complexity index is 475. The maximum atomic E-state index is 12.2. The van der Waals surface area contributed by atoms with E-state index in [1.807, 2.05) is 0 Å². The van der Waals surface area contributed by atoms with Crippen LogP contribution in [-0.2, 0) is 9.59 Å². The monoisotopic (exact) mass is 326 g/mol. The van der Waals surface area contributed by atoms with Gasteiger partial charge in [0, 0.05) is 0 Å². The van der Waals surface area contributed by atoms with E-state index in [-0.39, 0.29) is 5.91 Å². The van der Waals surface area contributed by atoms with E-state index < -0.39 is 17.8 Å². The summed E-state index contributed by atoms with van der Waals surface area (Å²) in [7, 11) is 0. The van der Waals surface area contributed by atoms with E-state index in [1.165, 1.54) is 0 Å². The van der Waals surface area contributed by atoms with Crippen molar-refractivity contribution in [3.63, 3.8) is 0 Å². The van der Waals surface area contributed by atoms with Crippen LogP contribution in [0, 0.1) is 11.8 Å². The van der Waals surface area contributed by atoms with Crippen LogP contribution in [0.25, 0.3) is 0 Å². The number of amides is 1. The van der Waals surface area contributed by atoms with E-state index in [0.29, 0.717) is 23.1 Å². The first-order valence-corrected chi connectivity index (χ1v) is 7.02. The molecule has 2 unspecified atom stereocenters. The standard InChI is InChI=1S/C13H15BrN2O3/c14-11-6-5-8(7-15-11)16-12(17)9-3-1-2-4-10(9)13(18)19/h5-7,9-10H,1-4H2,(H,16,17)(H,18,19). The second kappa shape index (κ2) is 6.14. The van der Waals surface area contributed by atoms with E-state index in [0.717, 1.165) is 12.8 Å². The molecular formula is C13H15BrN2O3. The first-order valence-electron chi connectivity index (χ1n) is 6.23. The third kappa shape index (κ3) is 3.53. The number of nitrogens with zero attached hydrogens (tertiary/aromatic N) is 1. The number of carbonyl (C=O) groups is 2. The molecule has 2 N–H and O–H groups in total. The van der Waals surface area contributed by atoms with E-state index in [2.05, 4.69) is 26.2 Å². The summed E-state index contributed by atoms with van der Waals surface area (Å²) >= 11 is 3.22. The van der Waals surface area contributed by atoms with Gasteiger partial charge in [-0.2, -0.15) is 0 Å². The molecule has 0 aromatic carbocycles. The fourth-order valence-electron chi connectivity index (χ4n) is 2.42. The number of anilines is 1. The highest BCUT2D eigenvalue weighted by atomic mass is 79.9. The predicted molar refractivity (Wildman–Crippen MR) is 73.7 cm³/mol. The Balaban J connectivity index is 2.05. The zero-order chi connectivity index (χ0) is 13.8. The quantitative estimate of drug-likeness (QED) is 0.837. The molecule has 1 aromatic heterocycles. The molecule has 1 aromatic rings. The SMILES string of the molecule is O=C(O)C1CCCCC1C(=O)Nc1ccc(Br)nc1. The van der Waals surface area contributed by atoms with Crippen LogP contribution in [0.1, 0.15) is 25.7 Å². The maximum absolute atomic E-state index is 12.2. The highest BCUT2D eigenvalue weighted by Crippen LogP contribution is 2.31. The molecule has 1 saturated carbocycles. The minimum Gasteiger partial charge on any atom is -0.481 e. The van der Waals surface area contributed by atoms with Crippen molar-refractivity contribution in [1.29, 1.82) is 0 Å². The number of carboxylic acids is 1. The summed E-state index contributed by atoms with van der Waals surface area (Å²) in [5.41, 5.74) is 0.586. The number of aromatic nitrogens is 1. The van der Waals surface area contributed by atoms with Gasteiger partial charge in [0.15, 0.2) is 0 Å². The lowest BCUT2D eigenvalue weighted by Crippen LogP contribution is -2.36. The lowest BCUT2D eigenvalue weighted by Gasteiger charge is -2.27. The third-order valence-electron chi connectivity index (χ3n) is 3.41. The van der Waals surface area contributed by atoms with Crippen molar-refractivity contribution in [3.05, 3.63) is 22.9 Å². The van der Waals surface area contributed by atoms with Crippen LogP contribution in [-0.4, -0.2) is 22.0 Å². The van der Waals surface area contributed by atoms with Crippen molar-refractivity contribution >= 4 is 33.5 Å². The van der Waals surface area contributed by atoms with Crippen LogP contribution in [0.4, 0.5) is 5.69 Å². The topological polar surface area (TPSA) is 79.3 Å². The van der Waals surface area contributed by atoms with Crippen molar-refractivity contribution in [3.8, 4) is 0 Å². The predicted octanol–water partition coefficient (Wildman–Crippen LogP) is 2.67. The second-order valence-corrected chi connectivity index (χ2v) is 5.51. The number of hydrogen-bond donors (Lipinski definition) is 2. The molecule has 1 amide bonds. The van der Waals surface area contributed by atoms with Gasteiger partial charge < -0.3 is 10.4 Å². The van der Waals surface area contributed by atoms with Crippen LogP contribution in [0.3, 0.4) is 0 Å². The Morgan fingerprint density at radius 2 is 1.95 bits per heavy atom. The first-order chi connectivity index (χ1) is 9.08. The summed E-state index contributed by atoms with van der Waals surface area (Å²) in [4.78, 5) is 27.3. The minimum absolute atomic E-state index is 0.226. The number of pyridine rings is 1. The molecule has 2 rings (SSSR count). The highest BCUT2D eigenvalue weighted by Gasteiger charge is 2.35. The third-order valence-corrected chi connectivity index (χ3v) is 3.88. The normalized spacial score (nSPS) is 22.8. The first kappa shape index (κ1) is 14.0. The largest absolute Gasteiger partial charge is 0.481 e. The molecule has 1 heterocycles. The van der Waals surface area contributed by atoms with Crippen LogP contribution < -0.4 is 5.32 Å². The smallest absolute Gasteiger partial charge is 0.307 e. The van der Waals surface area contributed by atoms with Gasteiger partial charge in [-0.15, -0.1) is 0 Å². The van der Waals surface area contributed by atoms with Gasteiger partial charge in [-0.1, -0.05) is 12.8 Å². The van der Waals surface area contributed by atoms with Crippen molar-refractivity contribution in [1.82, 2.24) is 4.98 Å². The maximum Gasteiger partial charge on any atom is 0.307 e. The van der Waals surface area contributed by atoms with Crippen molar-refractivity contribution in [2.24, 2.45) is 11.8 Å². The number of carbonyl (C=O) groups excluding carboxylic acids is 1. The molecule has 0 spiro atoms. The van der Waals surface area contributed by atoms with E-state index >= 15 is 0 Å². The molecule has 1 aliphatic carbocycles. The number of aliphatic carboxylic acids is 1. The summed E-state index contributed by atoms with van der Waals surface area (Å²) in [5.74, 6) is -2.13. The van der Waals surface area contributed by atoms with Crippen LogP contribution in [0.5, 0.6) is 0 Å². The van der Waals surface area contributed by atoms with Crippen molar-refractivity contribution in [2.75, 3.05) is 5.32 Å². The zero-order valence-corrected chi connectivity index (χ0v) is 11.9. The van der Waals surface area contributed by atoms with Gasteiger partial charge in [-0.05, 0) is 40.9 Å². The number of nitrogens with one attached hydrogen (secondary N) is 1. The molecule has 1 aliphatic rings. The van der Waals surface area contributed by atoms with Gasteiger partial charge in [0.05, 0.1) is 23.7 Å². The van der Waals surface area contributed by atoms with E-state index in [4.69, 9.17) is 5.11 Å². The van der Waals surface area contributed by atoms with Gasteiger partial charge in [-0.3, -0.25) is 9.59 Å². The zero-order valence-electron chi connectivity index (χ0n) is 10.3. The Hall–Kier alpha value is -1.43. The number of halogens is 1. The molecule has 0 aliphatic heterocycles. The molecular weight excluding hydrogens is 312 g/mol. The Kier molecular flexibility index (Phi) is 4.52. The Morgan fingerprint density at radius 3 is 2.53 bits per heavy atom. The van der Waals surface area contributed by atoms with Crippen molar-refractivity contribution in [2.45, 2.75) is 25.7 Å². The Morgan fingerprint density at radius 1 is 1.26 bits per heavy atom. The Labute approximate surface area is 119 Å². The molecule has 0 bridgehead atoms. The molecule has 102 valence electrons. The van der Waals surface area contributed by atoms with E-state index in [9.17, 15) is 9.59 Å². The average molecular weight is 327 g/mol. The summed E-state index contributed by atoms with van der Waals surface area (Å²) in [6.07, 6.45) is 4.53. The van der Waals surface area contributed by atoms with Crippen LogP contribution >= 0.6 is 15.9 Å². The van der Waals surface area contributed by atoms with Gasteiger partial charge >= 0.3 is 5.97 Å². The molecule has 5 nitrogen and oxygen atoms in total. The number of carboxylic acid groups (broad SMARTS) is 1. The van der Waals surface area contributed by atoms with Gasteiger partial charge in [0.1, 0.15) is 4.60 Å². The molecule has 19 heavy (non-hydrogen) atoms. The lowest BCUT2D eigenvalue weighted by atomic mass is 9.78. The summed E-state index contributed by atoms with van der Waals surface area (Å²) in [6, 6.07) is 3.46. The number of hydrogen-bond acceptors (Lipinski definition) is 3. The van der Waals surface area contributed by atoms with E-state index in [1.54, 1.807) is 18.3 Å². The molecule has 1 fully saturated rings. The molecule has 2 atom stereocenters. The highest BCUT2D eigenvalue weighted by molar-refractivity contribution is 9.10. The van der Waals surface area contributed by atoms with Gasteiger partial charge in [-0.25, -0.2) is 4.98 Å². The summed E-state index contributed by atoms with van der Waals surface area (Å²) in [6.45, 7) is 0. The summed E-state index contributed by atoms with van der Waals surface area (Å²) < 4.78 is 0.687. The fraction of sp³-hybridized carbons (Fsp3) is 0.462. The lowest BCUT2D eigenvalue weighted by molar-refractivity contribution is -0.147. The fourth-order valence-corrected chi connectivity index (χ4v) is 2.66. The van der Waals surface area contributed by atoms with Gasteiger partial charge in [0.2, 0.25) is 5.91 Å². The van der Waals surface area contributed by atoms with Crippen LogP contribution in [0.15, 0.2) is 22.9 Å². The van der Waals surface area contributed by atoms with Gasteiger partial charge in [0.25, 0.3) is 0 Å². The average Bonchev–Trinajstić information content (AvgIpc) is 2.41. The number of rotatable bonds is 3. The molecule has 6 heteroatoms. The summed E-state index contributed by atoms with van der Waals surface area (Å²) in [5, 5.41) is 11.9.